The van der Waals surface area contributed by atoms with Crippen LogP contribution in [0.15, 0.2) is 22.8 Å². The van der Waals surface area contributed by atoms with E-state index in [0.717, 1.165) is 81.4 Å². The lowest BCUT2D eigenvalue weighted by Crippen LogP contribution is -2.32. The van der Waals surface area contributed by atoms with Gasteiger partial charge in [0.1, 0.15) is 23.5 Å². The van der Waals surface area contributed by atoms with Crippen LogP contribution in [-0.2, 0) is 19.5 Å². The quantitative estimate of drug-likeness (QED) is 0.547. The minimum Gasteiger partial charge on any atom is -0.467 e. The van der Waals surface area contributed by atoms with E-state index in [4.69, 9.17) is 9.40 Å². The van der Waals surface area contributed by atoms with Crippen molar-refractivity contribution in [3.8, 4) is 6.07 Å². The van der Waals surface area contributed by atoms with Gasteiger partial charge < -0.3 is 20.0 Å². The second-order valence-corrected chi connectivity index (χ2v) is 7.61. The number of furan rings is 1. The van der Waals surface area contributed by atoms with Gasteiger partial charge in [0.05, 0.1) is 18.4 Å². The van der Waals surface area contributed by atoms with Crippen LogP contribution in [0.1, 0.15) is 49.6 Å². The summed E-state index contributed by atoms with van der Waals surface area (Å²) in [6, 6.07) is 6.27. The topological polar surface area (TPSA) is 80.4 Å². The SMILES string of the molecule is CCN(CC)CCCNc1nc(NCc2ccco2)c2c(c1C#N)CCN(CC)C2. The lowest BCUT2D eigenvalue weighted by atomic mass is 9.95. The van der Waals surface area contributed by atoms with Crippen molar-refractivity contribution in [1.29, 1.82) is 5.26 Å². The standard InChI is InChI=1S/C23H34N6O/c1-4-28(5-2)12-8-11-25-22-20(15-24)19-10-13-29(6-3)17-21(19)23(27-22)26-16-18-9-7-14-30-18/h7,9,14H,4-6,8,10-13,16-17H2,1-3H3,(H2,25,26,27). The molecule has 3 heterocycles. The molecule has 0 aromatic carbocycles. The predicted molar refractivity (Wildman–Crippen MR) is 121 cm³/mol. The zero-order valence-electron chi connectivity index (χ0n) is 18.5. The van der Waals surface area contributed by atoms with Gasteiger partial charge in [-0.05, 0) is 56.7 Å². The van der Waals surface area contributed by atoms with E-state index in [-0.39, 0.29) is 0 Å². The molecule has 1 aliphatic rings. The Morgan fingerprint density at radius 2 is 2.03 bits per heavy atom. The second kappa shape index (κ2) is 11.0. The summed E-state index contributed by atoms with van der Waals surface area (Å²) in [6.07, 6.45) is 3.57. The number of anilines is 2. The molecule has 0 radical (unpaired) electrons. The highest BCUT2D eigenvalue weighted by molar-refractivity contribution is 5.66. The molecular formula is C23H34N6O. The van der Waals surface area contributed by atoms with Crippen LogP contribution >= 0.6 is 0 Å². The van der Waals surface area contributed by atoms with Gasteiger partial charge in [0, 0.05) is 25.2 Å². The first-order chi connectivity index (χ1) is 14.7. The molecule has 3 rings (SSSR count). The molecule has 0 unspecified atom stereocenters. The Morgan fingerprint density at radius 3 is 2.70 bits per heavy atom. The first-order valence-corrected chi connectivity index (χ1v) is 11.1. The van der Waals surface area contributed by atoms with Crippen LogP contribution in [0.5, 0.6) is 0 Å². The van der Waals surface area contributed by atoms with E-state index in [0.29, 0.717) is 17.9 Å². The molecule has 0 saturated carbocycles. The van der Waals surface area contributed by atoms with Crippen LogP contribution in [0.4, 0.5) is 11.6 Å². The van der Waals surface area contributed by atoms with Crippen LogP contribution in [0.2, 0.25) is 0 Å². The summed E-state index contributed by atoms with van der Waals surface area (Å²) < 4.78 is 5.47. The van der Waals surface area contributed by atoms with E-state index in [1.165, 1.54) is 0 Å². The van der Waals surface area contributed by atoms with E-state index in [1.807, 2.05) is 12.1 Å². The molecule has 0 atom stereocenters. The number of rotatable bonds is 11. The molecule has 0 fully saturated rings. The number of likely N-dealkylation sites (N-methyl/N-ethyl adjacent to an activating group) is 1. The fourth-order valence-electron chi connectivity index (χ4n) is 3.99. The highest BCUT2D eigenvalue weighted by Gasteiger charge is 2.25. The molecule has 0 amide bonds. The molecular weight excluding hydrogens is 376 g/mol. The summed E-state index contributed by atoms with van der Waals surface area (Å²) >= 11 is 0. The third-order valence-electron chi connectivity index (χ3n) is 5.88. The van der Waals surface area contributed by atoms with Gasteiger partial charge in [-0.1, -0.05) is 20.8 Å². The molecule has 0 spiro atoms. The summed E-state index contributed by atoms with van der Waals surface area (Å²) in [7, 11) is 0. The first-order valence-electron chi connectivity index (χ1n) is 11.1. The van der Waals surface area contributed by atoms with Crippen molar-refractivity contribution < 1.29 is 4.42 Å². The molecule has 7 heteroatoms. The van der Waals surface area contributed by atoms with Crippen molar-refractivity contribution in [3.63, 3.8) is 0 Å². The van der Waals surface area contributed by atoms with Crippen LogP contribution in [0.25, 0.3) is 0 Å². The molecule has 2 aromatic rings. The Kier molecular flexibility index (Phi) is 8.12. The summed E-state index contributed by atoms with van der Waals surface area (Å²) in [5.74, 6) is 2.42. The van der Waals surface area contributed by atoms with Crippen molar-refractivity contribution in [1.82, 2.24) is 14.8 Å². The number of nitrogens with zero attached hydrogens (tertiary/aromatic N) is 4. The lowest BCUT2D eigenvalue weighted by Gasteiger charge is -2.30. The molecule has 2 aromatic heterocycles. The fourth-order valence-corrected chi connectivity index (χ4v) is 3.99. The third-order valence-corrected chi connectivity index (χ3v) is 5.88. The van der Waals surface area contributed by atoms with Gasteiger partial charge in [0.25, 0.3) is 0 Å². The Balaban J connectivity index is 1.81. The van der Waals surface area contributed by atoms with Crippen LogP contribution in [-0.4, -0.2) is 54.1 Å². The number of nitrogens with one attached hydrogen (secondary N) is 2. The van der Waals surface area contributed by atoms with E-state index in [1.54, 1.807) is 6.26 Å². The maximum Gasteiger partial charge on any atom is 0.146 e. The van der Waals surface area contributed by atoms with Crippen molar-refractivity contribution in [3.05, 3.63) is 40.8 Å². The van der Waals surface area contributed by atoms with Gasteiger partial charge in [-0.2, -0.15) is 5.26 Å². The fraction of sp³-hybridized carbons (Fsp3) is 0.565. The Bertz CT molecular complexity index is 838. The van der Waals surface area contributed by atoms with Gasteiger partial charge in [-0.3, -0.25) is 4.90 Å². The number of fused-ring (bicyclic) bond motifs is 1. The molecule has 1 aliphatic heterocycles. The number of aromatic nitrogens is 1. The van der Waals surface area contributed by atoms with Crippen molar-refractivity contribution in [2.45, 2.75) is 46.7 Å². The average Bonchev–Trinajstić information content (AvgIpc) is 3.30. The normalized spacial score (nSPS) is 13.8. The maximum atomic E-state index is 9.90. The van der Waals surface area contributed by atoms with Crippen LogP contribution < -0.4 is 10.6 Å². The third kappa shape index (κ3) is 5.32. The van der Waals surface area contributed by atoms with Gasteiger partial charge >= 0.3 is 0 Å². The lowest BCUT2D eigenvalue weighted by molar-refractivity contribution is 0.268. The van der Waals surface area contributed by atoms with Crippen molar-refractivity contribution in [2.24, 2.45) is 0 Å². The Labute approximate surface area is 180 Å². The first kappa shape index (κ1) is 22.1. The number of hydrogen-bond donors (Lipinski definition) is 2. The van der Waals surface area contributed by atoms with Gasteiger partial charge in [-0.15, -0.1) is 0 Å². The average molecular weight is 411 g/mol. The largest absolute Gasteiger partial charge is 0.467 e. The zero-order chi connectivity index (χ0) is 21.3. The highest BCUT2D eigenvalue weighted by Crippen LogP contribution is 2.32. The van der Waals surface area contributed by atoms with Crippen molar-refractivity contribution in [2.75, 3.05) is 49.9 Å². The van der Waals surface area contributed by atoms with Crippen LogP contribution in [0, 0.1) is 11.3 Å². The number of nitriles is 1. The number of hydrogen-bond acceptors (Lipinski definition) is 7. The minimum absolute atomic E-state index is 0.575. The van der Waals surface area contributed by atoms with Gasteiger partial charge in [-0.25, -0.2) is 4.98 Å². The molecule has 2 N–H and O–H groups in total. The second-order valence-electron chi connectivity index (χ2n) is 7.61. The van der Waals surface area contributed by atoms with E-state index in [2.05, 4.69) is 47.3 Å². The smallest absolute Gasteiger partial charge is 0.146 e. The maximum absolute atomic E-state index is 9.90. The van der Waals surface area contributed by atoms with Crippen LogP contribution in [0.3, 0.4) is 0 Å². The van der Waals surface area contributed by atoms with E-state index >= 15 is 0 Å². The summed E-state index contributed by atoms with van der Waals surface area (Å²) in [5, 5.41) is 16.8. The van der Waals surface area contributed by atoms with Gasteiger partial charge in [0.2, 0.25) is 0 Å². The minimum atomic E-state index is 0.575. The molecule has 162 valence electrons. The number of pyridine rings is 1. The summed E-state index contributed by atoms with van der Waals surface area (Å²) in [6.45, 7) is 13.9. The monoisotopic (exact) mass is 410 g/mol. The molecule has 30 heavy (non-hydrogen) atoms. The Hall–Kier alpha value is -2.56. The molecule has 7 nitrogen and oxygen atoms in total. The summed E-state index contributed by atoms with van der Waals surface area (Å²) in [5.41, 5.74) is 2.97. The predicted octanol–water partition coefficient (Wildman–Crippen LogP) is 3.68. The summed E-state index contributed by atoms with van der Waals surface area (Å²) in [4.78, 5) is 9.65. The van der Waals surface area contributed by atoms with Gasteiger partial charge in [0.15, 0.2) is 0 Å². The molecule has 0 aliphatic carbocycles. The molecule has 0 saturated heterocycles. The molecule has 0 bridgehead atoms. The van der Waals surface area contributed by atoms with E-state index < -0.39 is 0 Å². The highest BCUT2D eigenvalue weighted by atomic mass is 16.3. The zero-order valence-corrected chi connectivity index (χ0v) is 18.5. The van der Waals surface area contributed by atoms with Crippen molar-refractivity contribution >= 4 is 11.6 Å². The Morgan fingerprint density at radius 1 is 1.20 bits per heavy atom. The van der Waals surface area contributed by atoms with E-state index in [9.17, 15) is 5.26 Å².